The van der Waals surface area contributed by atoms with Gasteiger partial charge in [-0.1, -0.05) is 24.3 Å². The van der Waals surface area contributed by atoms with E-state index in [-0.39, 0.29) is 6.04 Å². The zero-order valence-corrected chi connectivity index (χ0v) is 7.73. The van der Waals surface area contributed by atoms with Crippen LogP contribution in [0.2, 0.25) is 0 Å². The molecule has 1 unspecified atom stereocenters. The lowest BCUT2D eigenvalue weighted by molar-refractivity contribution is 0.583. The molecule has 0 saturated heterocycles. The molecule has 70 valence electrons. The van der Waals surface area contributed by atoms with Crippen LogP contribution >= 0.6 is 0 Å². The van der Waals surface area contributed by atoms with E-state index in [1.54, 1.807) is 0 Å². The van der Waals surface area contributed by atoms with Gasteiger partial charge in [0.2, 0.25) is 0 Å². The molecular formula is C12H11NO. The highest BCUT2D eigenvalue weighted by atomic mass is 16.3. The third kappa shape index (κ3) is 0.946. The maximum absolute atomic E-state index is 6.05. The summed E-state index contributed by atoms with van der Waals surface area (Å²) < 4.78 is 5.69. The summed E-state index contributed by atoms with van der Waals surface area (Å²) in [6.07, 6.45) is 4.98. The zero-order valence-electron chi connectivity index (χ0n) is 7.73. The molecule has 0 radical (unpaired) electrons. The Morgan fingerprint density at radius 3 is 3.07 bits per heavy atom. The van der Waals surface area contributed by atoms with Crippen molar-refractivity contribution in [1.82, 2.24) is 0 Å². The molecule has 2 nitrogen and oxygen atoms in total. The van der Waals surface area contributed by atoms with Crippen molar-refractivity contribution in [2.75, 3.05) is 0 Å². The van der Waals surface area contributed by atoms with Crippen molar-refractivity contribution in [3.63, 3.8) is 0 Å². The van der Waals surface area contributed by atoms with Crippen molar-refractivity contribution in [2.45, 2.75) is 12.5 Å². The molecule has 2 heteroatoms. The number of fused-ring (bicyclic) bond motifs is 3. The second-order valence-electron chi connectivity index (χ2n) is 3.62. The normalized spacial score (nSPS) is 19.9. The van der Waals surface area contributed by atoms with Gasteiger partial charge in [0.1, 0.15) is 11.3 Å². The van der Waals surface area contributed by atoms with E-state index >= 15 is 0 Å². The van der Waals surface area contributed by atoms with Crippen LogP contribution in [0.3, 0.4) is 0 Å². The monoisotopic (exact) mass is 185 g/mol. The smallest absolute Gasteiger partial charge is 0.135 e. The third-order valence-corrected chi connectivity index (χ3v) is 2.69. The first-order valence-corrected chi connectivity index (χ1v) is 4.80. The van der Waals surface area contributed by atoms with Gasteiger partial charge in [-0.05, 0) is 18.6 Å². The summed E-state index contributed by atoms with van der Waals surface area (Å²) in [7, 11) is 0. The highest BCUT2D eigenvalue weighted by Crippen LogP contribution is 2.34. The largest absolute Gasteiger partial charge is 0.456 e. The van der Waals surface area contributed by atoms with Gasteiger partial charge in [-0.15, -0.1) is 0 Å². The number of rotatable bonds is 0. The summed E-state index contributed by atoms with van der Waals surface area (Å²) in [5.74, 6) is 0.921. The van der Waals surface area contributed by atoms with Gasteiger partial charge in [-0.2, -0.15) is 0 Å². The number of para-hydroxylation sites is 1. The topological polar surface area (TPSA) is 39.2 Å². The average Bonchev–Trinajstić information content (AvgIpc) is 2.57. The third-order valence-electron chi connectivity index (χ3n) is 2.69. The van der Waals surface area contributed by atoms with Gasteiger partial charge < -0.3 is 10.2 Å². The molecule has 0 aliphatic heterocycles. The molecule has 14 heavy (non-hydrogen) atoms. The molecule has 0 saturated carbocycles. The van der Waals surface area contributed by atoms with E-state index in [4.69, 9.17) is 10.2 Å². The van der Waals surface area contributed by atoms with Crippen molar-refractivity contribution in [3.8, 4) is 0 Å². The Balaban J connectivity index is 2.40. The Kier molecular flexibility index (Phi) is 1.52. The fraction of sp³-hybridized carbons (Fsp3) is 0.167. The average molecular weight is 185 g/mol. The first kappa shape index (κ1) is 7.83. The van der Waals surface area contributed by atoms with Crippen molar-refractivity contribution in [3.05, 3.63) is 41.7 Å². The summed E-state index contributed by atoms with van der Waals surface area (Å²) in [6, 6.07) is 8.12. The standard InChI is InChI=1S/C12H11NO/c13-9-5-3-7-11-12(9)8-4-1-2-6-10(8)14-11/h1-4,6-7,9H,5,13H2. The van der Waals surface area contributed by atoms with Crippen molar-refractivity contribution in [1.29, 1.82) is 0 Å². The number of furan rings is 1. The maximum Gasteiger partial charge on any atom is 0.135 e. The Morgan fingerprint density at radius 2 is 2.14 bits per heavy atom. The van der Waals surface area contributed by atoms with Crippen LogP contribution in [0.4, 0.5) is 0 Å². The van der Waals surface area contributed by atoms with Crippen molar-refractivity contribution in [2.24, 2.45) is 5.73 Å². The quantitative estimate of drug-likeness (QED) is 0.685. The predicted molar refractivity (Wildman–Crippen MR) is 56.8 cm³/mol. The fourth-order valence-corrected chi connectivity index (χ4v) is 2.03. The van der Waals surface area contributed by atoms with Crippen LogP contribution in [0.25, 0.3) is 17.0 Å². The molecule has 1 aliphatic rings. The van der Waals surface area contributed by atoms with Gasteiger partial charge in [-0.3, -0.25) is 0 Å². The van der Waals surface area contributed by atoms with Crippen LogP contribution in [0.15, 0.2) is 34.8 Å². The van der Waals surface area contributed by atoms with E-state index in [0.29, 0.717) is 0 Å². The van der Waals surface area contributed by atoms with Crippen LogP contribution in [-0.4, -0.2) is 0 Å². The Labute approximate surface area is 82.0 Å². The van der Waals surface area contributed by atoms with Crippen LogP contribution < -0.4 is 5.73 Å². The molecule has 0 fully saturated rings. The Morgan fingerprint density at radius 1 is 1.29 bits per heavy atom. The van der Waals surface area contributed by atoms with Gasteiger partial charge in [-0.25, -0.2) is 0 Å². The summed E-state index contributed by atoms with van der Waals surface area (Å²) in [4.78, 5) is 0. The molecule has 1 aromatic heterocycles. The van der Waals surface area contributed by atoms with Gasteiger partial charge in [0.05, 0.1) is 0 Å². The highest BCUT2D eigenvalue weighted by Gasteiger charge is 2.19. The molecule has 2 N–H and O–H groups in total. The van der Waals surface area contributed by atoms with E-state index in [0.717, 1.165) is 28.7 Å². The Hall–Kier alpha value is -1.54. The minimum Gasteiger partial charge on any atom is -0.456 e. The SMILES string of the molecule is NC1CC=Cc2oc3ccccc3c21. The summed E-state index contributed by atoms with van der Waals surface area (Å²) >= 11 is 0. The van der Waals surface area contributed by atoms with E-state index in [1.165, 1.54) is 0 Å². The maximum atomic E-state index is 6.05. The van der Waals surface area contributed by atoms with E-state index < -0.39 is 0 Å². The number of benzene rings is 1. The van der Waals surface area contributed by atoms with Crippen LogP contribution in [0.5, 0.6) is 0 Å². The lowest BCUT2D eigenvalue weighted by Crippen LogP contribution is -2.11. The Bertz CT molecular complexity index is 510. The molecule has 1 heterocycles. The van der Waals surface area contributed by atoms with Gasteiger partial charge in [0, 0.05) is 17.0 Å². The van der Waals surface area contributed by atoms with E-state index in [2.05, 4.69) is 12.1 Å². The zero-order chi connectivity index (χ0) is 9.54. The van der Waals surface area contributed by atoms with Gasteiger partial charge in [0.25, 0.3) is 0 Å². The van der Waals surface area contributed by atoms with E-state index in [9.17, 15) is 0 Å². The van der Waals surface area contributed by atoms with Crippen LogP contribution in [0, 0.1) is 0 Å². The lowest BCUT2D eigenvalue weighted by Gasteiger charge is -2.12. The molecule has 0 spiro atoms. The summed E-state index contributed by atoms with van der Waals surface area (Å²) in [6.45, 7) is 0. The molecule has 1 aliphatic carbocycles. The second kappa shape index (κ2) is 2.72. The summed E-state index contributed by atoms with van der Waals surface area (Å²) in [5.41, 5.74) is 8.13. The van der Waals surface area contributed by atoms with Gasteiger partial charge in [0.15, 0.2) is 0 Å². The molecular weight excluding hydrogens is 174 g/mol. The summed E-state index contributed by atoms with van der Waals surface area (Å²) in [5, 5.41) is 1.15. The first-order valence-electron chi connectivity index (χ1n) is 4.80. The molecule has 1 atom stereocenters. The van der Waals surface area contributed by atoms with Crippen molar-refractivity contribution >= 4 is 17.0 Å². The fourth-order valence-electron chi connectivity index (χ4n) is 2.03. The van der Waals surface area contributed by atoms with Crippen LogP contribution in [0.1, 0.15) is 23.8 Å². The number of nitrogens with two attached hydrogens (primary N) is 1. The van der Waals surface area contributed by atoms with Gasteiger partial charge >= 0.3 is 0 Å². The molecule has 0 bridgehead atoms. The second-order valence-corrected chi connectivity index (χ2v) is 3.62. The number of hydrogen-bond acceptors (Lipinski definition) is 2. The van der Waals surface area contributed by atoms with Crippen LogP contribution in [-0.2, 0) is 0 Å². The minimum atomic E-state index is 0.0821. The highest BCUT2D eigenvalue weighted by molar-refractivity contribution is 5.85. The minimum absolute atomic E-state index is 0.0821. The molecule has 2 aromatic rings. The van der Waals surface area contributed by atoms with Crippen molar-refractivity contribution < 1.29 is 4.42 Å². The first-order chi connectivity index (χ1) is 6.86. The van der Waals surface area contributed by atoms with E-state index in [1.807, 2.05) is 24.3 Å². The number of hydrogen-bond donors (Lipinski definition) is 1. The molecule has 0 amide bonds. The predicted octanol–water partition coefficient (Wildman–Crippen LogP) is 2.85. The molecule has 1 aromatic carbocycles. The lowest BCUT2D eigenvalue weighted by atomic mass is 9.96. The molecule has 3 rings (SSSR count).